The Morgan fingerprint density at radius 1 is 1.16 bits per heavy atom. The average Bonchev–Trinajstić information content (AvgIpc) is 3.37. The number of aliphatic hydroxyl groups is 1. The van der Waals surface area contributed by atoms with Gasteiger partial charge in [-0.1, -0.05) is 18.2 Å². The predicted molar refractivity (Wildman–Crippen MR) is 165 cm³/mol. The molecule has 1 aromatic carbocycles. The monoisotopic (exact) mass is 652 g/mol. The van der Waals surface area contributed by atoms with Gasteiger partial charge in [-0.15, -0.1) is 22.7 Å². The van der Waals surface area contributed by atoms with E-state index in [2.05, 4.69) is 20.8 Å². The van der Waals surface area contributed by atoms with Gasteiger partial charge < -0.3 is 15.0 Å². The highest BCUT2D eigenvalue weighted by molar-refractivity contribution is 7.94. The Hall–Kier alpha value is -2.88. The number of thiazole rings is 1. The van der Waals surface area contributed by atoms with Crippen molar-refractivity contribution < 1.29 is 32.4 Å². The van der Waals surface area contributed by atoms with Crippen LogP contribution in [-0.2, 0) is 21.5 Å². The van der Waals surface area contributed by atoms with Crippen LogP contribution in [0.15, 0.2) is 64.5 Å². The van der Waals surface area contributed by atoms with Gasteiger partial charge in [0.25, 0.3) is 10.0 Å². The second kappa shape index (κ2) is 14.3. The number of H-pyrrole nitrogens is 1. The highest BCUT2D eigenvalue weighted by Gasteiger charge is 2.33. The van der Waals surface area contributed by atoms with E-state index in [0.29, 0.717) is 28.3 Å². The maximum atomic E-state index is 13.6. The number of hydrogen-bond acceptors (Lipinski definition) is 9. The molecule has 2 fully saturated rings. The maximum absolute atomic E-state index is 13.6. The van der Waals surface area contributed by atoms with Crippen LogP contribution in [0.5, 0.6) is 0 Å². The van der Waals surface area contributed by atoms with E-state index in [1.807, 2.05) is 29.8 Å². The molecule has 1 saturated carbocycles. The van der Waals surface area contributed by atoms with Crippen molar-refractivity contribution >= 4 is 49.3 Å². The molecule has 6 rings (SSSR count). The molecule has 232 valence electrons. The Bertz CT molecular complexity index is 1610. The third-order valence-electron chi connectivity index (χ3n) is 7.61. The van der Waals surface area contributed by atoms with Crippen molar-refractivity contribution in [2.45, 2.75) is 42.9 Å². The number of aromatic amines is 1. The fraction of sp³-hybridized carbons (Fsp3) is 0.414. The molecule has 0 bridgehead atoms. The summed E-state index contributed by atoms with van der Waals surface area (Å²) in [7, 11) is -3.63. The Balaban J connectivity index is 0.000000559. The Kier molecular flexibility index (Phi) is 10.5. The summed E-state index contributed by atoms with van der Waals surface area (Å²) in [6, 6.07) is 11.4. The number of likely N-dealkylation sites (tertiary alicyclic amines) is 1. The molecule has 14 heteroatoms. The normalized spacial score (nSPS) is 16.1. The highest BCUT2D eigenvalue weighted by Crippen LogP contribution is 2.39. The number of thiophene rings is 1. The molecule has 1 aliphatic carbocycles. The largest absolute Gasteiger partial charge is 0.396 e. The predicted octanol–water partition coefficient (Wildman–Crippen LogP) is 6.77. The van der Waals surface area contributed by atoms with E-state index < -0.39 is 16.1 Å². The van der Waals surface area contributed by atoms with Gasteiger partial charge in [-0.25, -0.2) is 18.7 Å². The summed E-state index contributed by atoms with van der Waals surface area (Å²) in [5.74, 6) is 1.05. The van der Waals surface area contributed by atoms with Gasteiger partial charge in [0.05, 0.1) is 16.9 Å². The zero-order valence-electron chi connectivity index (χ0n) is 23.4. The summed E-state index contributed by atoms with van der Waals surface area (Å²) in [5, 5.41) is 20.1. The average molecular weight is 653 g/mol. The smallest absolute Gasteiger partial charge is 0.308 e. The van der Waals surface area contributed by atoms with Gasteiger partial charge in [0.15, 0.2) is 6.26 Å². The molecule has 1 aliphatic heterocycles. The zero-order valence-corrected chi connectivity index (χ0v) is 25.8. The number of rotatable bonds is 11. The van der Waals surface area contributed by atoms with Crippen molar-refractivity contribution in [3.05, 3.63) is 65.2 Å². The van der Waals surface area contributed by atoms with Gasteiger partial charge in [0, 0.05) is 36.2 Å². The molecule has 4 heterocycles. The number of aromatic nitrogens is 2. The Labute approximate surface area is 257 Å². The van der Waals surface area contributed by atoms with Crippen molar-refractivity contribution in [2.75, 3.05) is 30.5 Å². The number of anilines is 1. The third kappa shape index (κ3) is 7.99. The molecule has 9 nitrogen and oxygen atoms in total. The minimum Gasteiger partial charge on any atom is -0.396 e. The Morgan fingerprint density at radius 2 is 1.95 bits per heavy atom. The fourth-order valence-electron chi connectivity index (χ4n) is 5.22. The van der Waals surface area contributed by atoms with Gasteiger partial charge >= 0.3 is 6.08 Å². The summed E-state index contributed by atoms with van der Waals surface area (Å²) in [5.41, 5.74) is 2.45. The van der Waals surface area contributed by atoms with E-state index in [4.69, 9.17) is 10.2 Å². The van der Waals surface area contributed by atoms with Crippen LogP contribution >= 0.6 is 22.7 Å². The number of hydrogen-bond donors (Lipinski definition) is 3. The number of benzene rings is 1. The number of fused-ring (bicyclic) bond motifs is 1. The number of aliphatic hydroxyl groups excluding tert-OH is 1. The van der Waals surface area contributed by atoms with Crippen LogP contribution < -0.4 is 4.31 Å². The van der Waals surface area contributed by atoms with Gasteiger partial charge in [-0.2, -0.15) is 8.78 Å². The first kappa shape index (κ1) is 31.5. The second-order valence-electron chi connectivity index (χ2n) is 10.7. The van der Waals surface area contributed by atoms with E-state index in [1.54, 1.807) is 27.8 Å². The molecule has 3 N–H and O–H groups in total. The number of piperidine rings is 1. The molecule has 0 amide bonds. The van der Waals surface area contributed by atoms with Crippen molar-refractivity contribution in [1.82, 2.24) is 14.9 Å². The summed E-state index contributed by atoms with van der Waals surface area (Å²) >= 11 is 2.95. The van der Waals surface area contributed by atoms with Crippen LogP contribution in [-0.4, -0.2) is 59.9 Å². The van der Waals surface area contributed by atoms with Gasteiger partial charge in [0.2, 0.25) is 0 Å². The molecule has 0 atom stereocenters. The van der Waals surface area contributed by atoms with Crippen LogP contribution in [0, 0.1) is 11.8 Å². The number of nitrogens with one attached hydrogen (secondary N) is 1. The van der Waals surface area contributed by atoms with Crippen LogP contribution in [0.4, 0.5) is 14.5 Å². The van der Waals surface area contributed by atoms with Crippen molar-refractivity contribution in [1.29, 1.82) is 0 Å². The van der Waals surface area contributed by atoms with Crippen LogP contribution in [0.2, 0.25) is 0 Å². The first-order valence-electron chi connectivity index (χ1n) is 14.1. The van der Waals surface area contributed by atoms with E-state index in [9.17, 15) is 22.3 Å². The Morgan fingerprint density at radius 3 is 2.58 bits per heavy atom. The molecule has 0 radical (unpaired) electrons. The molecular formula is C29H34F2N4O5S3. The SMILES string of the molecule is O=S(=O)(c1cccs1)N(CC1CC1)c1cccc2cc(-c3ncc(CN4CCC(CCO)CC4)s3)[nH]c12.OOC=C(F)F. The van der Waals surface area contributed by atoms with E-state index >= 15 is 0 Å². The van der Waals surface area contributed by atoms with Crippen LogP contribution in [0.25, 0.3) is 21.6 Å². The molecule has 1 saturated heterocycles. The quantitative estimate of drug-likeness (QED) is 0.0930. The first-order chi connectivity index (χ1) is 20.8. The molecule has 2 aliphatic rings. The number of nitrogens with zero attached hydrogens (tertiary/aromatic N) is 3. The summed E-state index contributed by atoms with van der Waals surface area (Å²) in [6.45, 7) is 3.80. The van der Waals surface area contributed by atoms with Crippen LogP contribution in [0.3, 0.4) is 0 Å². The first-order valence-corrected chi connectivity index (χ1v) is 17.2. The number of sulfonamides is 1. The van der Waals surface area contributed by atoms with Gasteiger partial charge in [-0.3, -0.25) is 9.21 Å². The lowest BCUT2D eigenvalue weighted by atomic mass is 9.94. The van der Waals surface area contributed by atoms with Crippen molar-refractivity contribution in [3.8, 4) is 10.7 Å². The molecule has 3 aromatic heterocycles. The fourth-order valence-corrected chi connectivity index (χ4v) is 8.81. The summed E-state index contributed by atoms with van der Waals surface area (Å²) in [4.78, 5) is 14.8. The number of halogens is 2. The standard InChI is InChI=1S/C27H32N4O3S3.C2H2F2O2/c32-13-10-19-8-11-30(12-9-19)18-22-16-28-27(36-22)23-15-21-3-1-4-24(26(21)29-23)31(17-20-6-7-20)37(33,34)25-5-2-14-35-25;3-2(4)1-6-5/h1-5,14-16,19-20,29,32H,6-13,17-18H2;1,5H. The minimum atomic E-state index is -3.63. The van der Waals surface area contributed by atoms with Gasteiger partial charge in [0.1, 0.15) is 9.22 Å². The molecule has 0 unspecified atom stereocenters. The molecule has 4 aromatic rings. The molecule has 43 heavy (non-hydrogen) atoms. The number of para-hydroxylation sites is 1. The summed E-state index contributed by atoms with van der Waals surface area (Å²) < 4.78 is 50.4. The highest BCUT2D eigenvalue weighted by atomic mass is 32.2. The minimum absolute atomic E-state index is 0.0694. The third-order valence-corrected chi connectivity index (χ3v) is 11.8. The lowest BCUT2D eigenvalue weighted by Gasteiger charge is -2.31. The topological polar surface area (TPSA) is 119 Å². The van der Waals surface area contributed by atoms with Crippen molar-refractivity contribution in [3.63, 3.8) is 0 Å². The van der Waals surface area contributed by atoms with Gasteiger partial charge in [-0.05, 0) is 80.6 Å². The maximum Gasteiger partial charge on any atom is 0.308 e. The summed E-state index contributed by atoms with van der Waals surface area (Å²) in [6.07, 6.45) is 5.18. The molecular weight excluding hydrogens is 619 g/mol. The lowest BCUT2D eigenvalue weighted by Crippen LogP contribution is -2.33. The van der Waals surface area contributed by atoms with E-state index in [-0.39, 0.29) is 12.9 Å². The van der Waals surface area contributed by atoms with Crippen molar-refractivity contribution in [2.24, 2.45) is 11.8 Å². The van der Waals surface area contributed by atoms with Crippen LogP contribution in [0.1, 0.15) is 37.0 Å². The van der Waals surface area contributed by atoms with E-state index in [1.165, 1.54) is 16.2 Å². The zero-order chi connectivity index (χ0) is 30.4. The lowest BCUT2D eigenvalue weighted by molar-refractivity contribution is -0.189. The van der Waals surface area contributed by atoms with E-state index in [0.717, 1.165) is 73.3 Å². The molecule has 0 spiro atoms. The second-order valence-corrected chi connectivity index (χ2v) is 14.9.